The predicted octanol–water partition coefficient (Wildman–Crippen LogP) is 1.36. The molecule has 0 bridgehead atoms. The number of anilines is 1. The summed E-state index contributed by atoms with van der Waals surface area (Å²) in [6.45, 7) is 0.571. The summed E-state index contributed by atoms with van der Waals surface area (Å²) in [6, 6.07) is 7.57. The van der Waals surface area contributed by atoms with Crippen molar-refractivity contribution in [2.75, 3.05) is 25.5 Å². The normalized spacial score (nSPS) is 16.8. The molecule has 1 aromatic rings. The molecule has 1 saturated carbocycles. The van der Waals surface area contributed by atoms with Gasteiger partial charge in [-0.2, -0.15) is 0 Å². The number of nitrogens with zero attached hydrogens (tertiary/aromatic N) is 1. The van der Waals surface area contributed by atoms with Crippen molar-refractivity contribution < 1.29 is 4.79 Å². The first-order valence-corrected chi connectivity index (χ1v) is 6.35. The number of hydrogen-bond acceptors (Lipinski definition) is 3. The van der Waals surface area contributed by atoms with Crippen molar-refractivity contribution in [2.24, 2.45) is 5.73 Å². The molecule has 0 aromatic heterocycles. The first-order valence-electron chi connectivity index (χ1n) is 6.35. The molecule has 4 heteroatoms. The Balaban J connectivity index is 1.92. The summed E-state index contributed by atoms with van der Waals surface area (Å²) in [6.07, 6.45) is 3.18. The van der Waals surface area contributed by atoms with Gasteiger partial charge in [0.1, 0.15) is 0 Å². The average molecular weight is 247 g/mol. The van der Waals surface area contributed by atoms with Gasteiger partial charge in [-0.3, -0.25) is 4.79 Å². The Kier molecular flexibility index (Phi) is 3.57. The smallest absolute Gasteiger partial charge is 0.251 e. The minimum atomic E-state index is -0.167. The molecule has 0 spiro atoms. The Morgan fingerprint density at radius 2 is 1.94 bits per heavy atom. The van der Waals surface area contributed by atoms with Crippen molar-refractivity contribution in [3.05, 3.63) is 29.8 Å². The van der Waals surface area contributed by atoms with Crippen LogP contribution < -0.4 is 16.0 Å². The number of carbonyl (C=O) groups is 1. The van der Waals surface area contributed by atoms with Gasteiger partial charge in [-0.25, -0.2) is 0 Å². The maximum atomic E-state index is 11.9. The lowest BCUT2D eigenvalue weighted by Crippen LogP contribution is -2.54. The van der Waals surface area contributed by atoms with Crippen LogP contribution in [-0.2, 0) is 0 Å². The highest BCUT2D eigenvalue weighted by atomic mass is 16.1. The van der Waals surface area contributed by atoms with Gasteiger partial charge in [0.15, 0.2) is 0 Å². The molecular formula is C14H21N3O. The second kappa shape index (κ2) is 4.98. The molecule has 1 amide bonds. The van der Waals surface area contributed by atoms with Gasteiger partial charge in [0, 0.05) is 37.4 Å². The van der Waals surface area contributed by atoms with Crippen molar-refractivity contribution in [1.29, 1.82) is 0 Å². The van der Waals surface area contributed by atoms with Gasteiger partial charge < -0.3 is 16.0 Å². The minimum absolute atomic E-state index is 0.0444. The summed E-state index contributed by atoms with van der Waals surface area (Å²) in [5.41, 5.74) is 7.67. The molecule has 0 aliphatic heterocycles. The highest BCUT2D eigenvalue weighted by Crippen LogP contribution is 2.28. The van der Waals surface area contributed by atoms with E-state index in [0.717, 1.165) is 18.5 Å². The quantitative estimate of drug-likeness (QED) is 0.844. The molecule has 0 unspecified atom stereocenters. The molecule has 2 rings (SSSR count). The first-order chi connectivity index (χ1) is 8.50. The van der Waals surface area contributed by atoms with Gasteiger partial charge >= 0.3 is 0 Å². The van der Waals surface area contributed by atoms with Crippen LogP contribution in [0.4, 0.5) is 5.69 Å². The molecule has 1 fully saturated rings. The van der Waals surface area contributed by atoms with Gasteiger partial charge in [-0.15, -0.1) is 0 Å². The fraction of sp³-hybridized carbons (Fsp3) is 0.500. The maximum Gasteiger partial charge on any atom is 0.251 e. The molecular weight excluding hydrogens is 226 g/mol. The lowest BCUT2D eigenvalue weighted by atomic mass is 9.78. The van der Waals surface area contributed by atoms with Gasteiger partial charge in [0.25, 0.3) is 5.91 Å². The number of rotatable bonds is 4. The predicted molar refractivity (Wildman–Crippen MR) is 73.9 cm³/mol. The molecule has 0 saturated heterocycles. The third-order valence-electron chi connectivity index (χ3n) is 3.60. The molecule has 98 valence electrons. The monoisotopic (exact) mass is 247 g/mol. The van der Waals surface area contributed by atoms with Crippen LogP contribution >= 0.6 is 0 Å². The lowest BCUT2D eigenvalue weighted by Gasteiger charge is -2.38. The highest BCUT2D eigenvalue weighted by Gasteiger charge is 2.32. The Morgan fingerprint density at radius 1 is 1.33 bits per heavy atom. The van der Waals surface area contributed by atoms with Crippen LogP contribution in [-0.4, -0.2) is 32.1 Å². The molecule has 1 aromatic carbocycles. The molecule has 18 heavy (non-hydrogen) atoms. The molecule has 0 atom stereocenters. The maximum absolute atomic E-state index is 11.9. The van der Waals surface area contributed by atoms with Crippen molar-refractivity contribution >= 4 is 11.6 Å². The van der Waals surface area contributed by atoms with Gasteiger partial charge in [0.2, 0.25) is 0 Å². The van der Waals surface area contributed by atoms with Crippen LogP contribution in [0.1, 0.15) is 29.6 Å². The molecule has 3 N–H and O–H groups in total. The Bertz CT molecular complexity index is 421. The van der Waals surface area contributed by atoms with E-state index in [4.69, 9.17) is 5.73 Å². The fourth-order valence-corrected chi connectivity index (χ4v) is 2.08. The van der Waals surface area contributed by atoms with Crippen molar-refractivity contribution in [2.45, 2.75) is 24.8 Å². The standard InChI is InChI=1S/C14H21N3O/c1-17(2)12-6-4-11(5-7-12)13(18)16-10-14(15)8-3-9-14/h4-7H,3,8-10,15H2,1-2H3,(H,16,18). The van der Waals surface area contributed by atoms with Crippen molar-refractivity contribution in [3.63, 3.8) is 0 Å². The zero-order chi connectivity index (χ0) is 13.2. The molecule has 1 aliphatic carbocycles. The third kappa shape index (κ3) is 2.82. The van der Waals surface area contributed by atoms with Gasteiger partial charge in [-0.05, 0) is 43.5 Å². The molecule has 4 nitrogen and oxygen atoms in total. The van der Waals surface area contributed by atoms with Crippen LogP contribution in [0.25, 0.3) is 0 Å². The van der Waals surface area contributed by atoms with Crippen LogP contribution in [0.5, 0.6) is 0 Å². The van der Waals surface area contributed by atoms with E-state index >= 15 is 0 Å². The number of hydrogen-bond donors (Lipinski definition) is 2. The van der Waals surface area contributed by atoms with Gasteiger partial charge in [0.05, 0.1) is 0 Å². The first kappa shape index (κ1) is 12.9. The number of benzene rings is 1. The second-order valence-corrected chi connectivity index (χ2v) is 5.34. The minimum Gasteiger partial charge on any atom is -0.378 e. The number of nitrogens with two attached hydrogens (primary N) is 1. The van der Waals surface area contributed by atoms with E-state index in [9.17, 15) is 4.79 Å². The highest BCUT2D eigenvalue weighted by molar-refractivity contribution is 5.94. The molecule has 0 radical (unpaired) electrons. The number of amides is 1. The fourth-order valence-electron chi connectivity index (χ4n) is 2.08. The van der Waals surface area contributed by atoms with Crippen LogP contribution in [0.15, 0.2) is 24.3 Å². The summed E-state index contributed by atoms with van der Waals surface area (Å²) in [7, 11) is 3.95. The summed E-state index contributed by atoms with van der Waals surface area (Å²) >= 11 is 0. The Morgan fingerprint density at radius 3 is 2.39 bits per heavy atom. The summed E-state index contributed by atoms with van der Waals surface area (Å²) in [4.78, 5) is 13.9. The topological polar surface area (TPSA) is 58.4 Å². The van der Waals surface area contributed by atoms with Crippen LogP contribution in [0.3, 0.4) is 0 Å². The van der Waals surface area contributed by atoms with Gasteiger partial charge in [-0.1, -0.05) is 0 Å². The summed E-state index contributed by atoms with van der Waals surface area (Å²) in [5, 5.41) is 2.91. The average Bonchev–Trinajstić information content (AvgIpc) is 2.33. The summed E-state index contributed by atoms with van der Waals surface area (Å²) in [5.74, 6) is -0.0444. The Labute approximate surface area is 108 Å². The van der Waals surface area contributed by atoms with E-state index in [2.05, 4.69) is 5.32 Å². The SMILES string of the molecule is CN(C)c1ccc(C(=O)NCC2(N)CCC2)cc1. The van der Waals surface area contributed by atoms with Crippen LogP contribution in [0.2, 0.25) is 0 Å². The Hall–Kier alpha value is -1.55. The lowest BCUT2D eigenvalue weighted by molar-refractivity contribution is 0.0930. The van der Waals surface area contributed by atoms with E-state index in [-0.39, 0.29) is 11.4 Å². The van der Waals surface area contributed by atoms with E-state index in [1.165, 1.54) is 6.42 Å². The van der Waals surface area contributed by atoms with E-state index < -0.39 is 0 Å². The second-order valence-electron chi connectivity index (χ2n) is 5.34. The number of carbonyl (C=O) groups excluding carboxylic acids is 1. The van der Waals surface area contributed by atoms with Crippen molar-refractivity contribution in [1.82, 2.24) is 5.32 Å². The zero-order valence-electron chi connectivity index (χ0n) is 11.1. The third-order valence-corrected chi connectivity index (χ3v) is 3.60. The van der Waals surface area contributed by atoms with Crippen LogP contribution in [0, 0.1) is 0 Å². The van der Waals surface area contributed by atoms with E-state index in [1.807, 2.05) is 43.3 Å². The van der Waals surface area contributed by atoms with E-state index in [0.29, 0.717) is 12.1 Å². The van der Waals surface area contributed by atoms with Crippen molar-refractivity contribution in [3.8, 4) is 0 Å². The summed E-state index contributed by atoms with van der Waals surface area (Å²) < 4.78 is 0. The largest absolute Gasteiger partial charge is 0.378 e. The number of nitrogens with one attached hydrogen (secondary N) is 1. The molecule has 0 heterocycles. The zero-order valence-corrected chi connectivity index (χ0v) is 11.1. The molecule has 1 aliphatic rings. The van der Waals surface area contributed by atoms with E-state index in [1.54, 1.807) is 0 Å².